The minimum Gasteiger partial charge on any atom is -0.331 e. The molecule has 1 aromatic heterocycles. The molecule has 0 aliphatic carbocycles. The summed E-state index contributed by atoms with van der Waals surface area (Å²) in [6.07, 6.45) is 1.50. The molecule has 2 heterocycles. The Morgan fingerprint density at radius 3 is 2.61 bits per heavy atom. The summed E-state index contributed by atoms with van der Waals surface area (Å²) in [6.45, 7) is 11.5. The van der Waals surface area contributed by atoms with Crippen LogP contribution in [0.1, 0.15) is 55.2 Å². The number of carbonyl (C=O) groups excluding carboxylic acids is 2. The lowest BCUT2D eigenvalue weighted by molar-refractivity contribution is -0.117. The molecular formula is C21H29N5O2. The molecule has 2 aromatic rings. The fraction of sp³-hybridized carbons (Fsp3) is 0.476. The zero-order chi connectivity index (χ0) is 20.4. The highest BCUT2D eigenvalue weighted by Crippen LogP contribution is 2.27. The predicted octanol–water partition coefficient (Wildman–Crippen LogP) is 3.84. The molecular weight excluding hydrogens is 354 g/mol. The molecule has 1 unspecified atom stereocenters. The summed E-state index contributed by atoms with van der Waals surface area (Å²) in [5.41, 5.74) is 5.65. The Labute approximate surface area is 166 Å². The van der Waals surface area contributed by atoms with E-state index in [0.29, 0.717) is 12.1 Å². The summed E-state index contributed by atoms with van der Waals surface area (Å²) in [7, 11) is 0. The first-order valence-corrected chi connectivity index (χ1v) is 9.84. The topological polar surface area (TPSA) is 79.3 Å². The number of anilines is 2. The van der Waals surface area contributed by atoms with E-state index >= 15 is 0 Å². The molecule has 0 bridgehead atoms. The fourth-order valence-electron chi connectivity index (χ4n) is 4.02. The van der Waals surface area contributed by atoms with Gasteiger partial charge in [-0.05, 0) is 64.8 Å². The second kappa shape index (κ2) is 8.04. The van der Waals surface area contributed by atoms with Crippen LogP contribution in [0.15, 0.2) is 18.2 Å². The lowest BCUT2D eigenvalue weighted by Crippen LogP contribution is -2.31. The van der Waals surface area contributed by atoms with Crippen LogP contribution in [0.3, 0.4) is 0 Å². The molecule has 0 radical (unpaired) electrons. The number of carbonyl (C=O) groups is 2. The summed E-state index contributed by atoms with van der Waals surface area (Å²) in [5.74, 6) is 0.161. The van der Waals surface area contributed by atoms with E-state index in [-0.39, 0.29) is 18.0 Å². The summed E-state index contributed by atoms with van der Waals surface area (Å²) in [6, 6.07) is 5.22. The van der Waals surface area contributed by atoms with Crippen molar-refractivity contribution in [2.24, 2.45) is 0 Å². The number of rotatable bonds is 5. The molecule has 28 heavy (non-hydrogen) atoms. The number of hydrogen-bond donors (Lipinski definition) is 2. The van der Waals surface area contributed by atoms with Crippen molar-refractivity contribution in [1.29, 1.82) is 0 Å². The molecule has 3 rings (SSSR count). The van der Waals surface area contributed by atoms with E-state index in [4.69, 9.17) is 0 Å². The van der Waals surface area contributed by atoms with Crippen molar-refractivity contribution in [3.8, 4) is 0 Å². The first kappa shape index (κ1) is 19.9. The lowest BCUT2D eigenvalue weighted by atomic mass is 10.1. The Bertz CT molecular complexity index is 902. The Hall–Kier alpha value is -2.83. The van der Waals surface area contributed by atoms with Crippen LogP contribution >= 0.6 is 0 Å². The van der Waals surface area contributed by atoms with Gasteiger partial charge in [-0.2, -0.15) is 5.10 Å². The largest absolute Gasteiger partial charge is 0.331 e. The van der Waals surface area contributed by atoms with Crippen LogP contribution in [-0.2, 0) is 11.3 Å². The molecule has 1 fully saturated rings. The number of nitrogens with one attached hydrogen (secondary N) is 2. The van der Waals surface area contributed by atoms with Crippen LogP contribution in [-0.4, -0.2) is 28.3 Å². The highest BCUT2D eigenvalue weighted by atomic mass is 16.2. The van der Waals surface area contributed by atoms with E-state index in [1.807, 2.05) is 55.5 Å². The van der Waals surface area contributed by atoms with Gasteiger partial charge in [0.05, 0.1) is 11.7 Å². The van der Waals surface area contributed by atoms with Crippen LogP contribution in [0.4, 0.5) is 16.2 Å². The van der Waals surface area contributed by atoms with Gasteiger partial charge in [0.15, 0.2) is 0 Å². The quantitative estimate of drug-likeness (QED) is 0.823. The minimum absolute atomic E-state index is 0.150. The third-order valence-electron chi connectivity index (χ3n) is 5.34. The molecule has 1 atom stereocenters. The average molecular weight is 383 g/mol. The molecule has 0 spiro atoms. The van der Waals surface area contributed by atoms with E-state index in [9.17, 15) is 9.59 Å². The average Bonchev–Trinajstić information content (AvgIpc) is 3.17. The van der Waals surface area contributed by atoms with Crippen molar-refractivity contribution in [2.75, 3.05) is 16.8 Å². The number of hydrogen-bond acceptors (Lipinski definition) is 3. The van der Waals surface area contributed by atoms with Gasteiger partial charge in [0.1, 0.15) is 0 Å². The van der Waals surface area contributed by atoms with Gasteiger partial charge in [-0.25, -0.2) is 4.79 Å². The van der Waals surface area contributed by atoms with Crippen LogP contribution < -0.4 is 15.5 Å². The maximum Gasteiger partial charge on any atom is 0.319 e. The molecule has 3 amide bonds. The summed E-state index contributed by atoms with van der Waals surface area (Å²) in [5, 5.41) is 10.4. The second-order valence-electron chi connectivity index (χ2n) is 7.37. The normalized spacial score (nSPS) is 15.0. The van der Waals surface area contributed by atoms with Gasteiger partial charge in [0, 0.05) is 42.1 Å². The summed E-state index contributed by atoms with van der Waals surface area (Å²) < 4.78 is 1.95. The zero-order valence-corrected chi connectivity index (χ0v) is 17.3. The second-order valence-corrected chi connectivity index (χ2v) is 7.37. The van der Waals surface area contributed by atoms with Gasteiger partial charge in [-0.3, -0.25) is 9.48 Å². The molecule has 7 nitrogen and oxygen atoms in total. The molecule has 1 aromatic carbocycles. The van der Waals surface area contributed by atoms with Gasteiger partial charge in [-0.15, -0.1) is 0 Å². The number of amides is 3. The van der Waals surface area contributed by atoms with Crippen LogP contribution in [0.25, 0.3) is 0 Å². The zero-order valence-electron chi connectivity index (χ0n) is 17.3. The number of urea groups is 1. The first-order valence-electron chi connectivity index (χ1n) is 9.84. The van der Waals surface area contributed by atoms with Gasteiger partial charge < -0.3 is 15.5 Å². The Balaban J connectivity index is 1.67. The molecule has 2 N–H and O–H groups in total. The van der Waals surface area contributed by atoms with Crippen molar-refractivity contribution < 1.29 is 9.59 Å². The third kappa shape index (κ3) is 3.88. The number of benzene rings is 1. The minimum atomic E-state index is -0.264. The predicted molar refractivity (Wildman–Crippen MR) is 111 cm³/mol. The highest BCUT2D eigenvalue weighted by molar-refractivity contribution is 5.97. The summed E-state index contributed by atoms with van der Waals surface area (Å²) >= 11 is 0. The highest BCUT2D eigenvalue weighted by Gasteiger charge is 2.23. The van der Waals surface area contributed by atoms with E-state index in [1.54, 1.807) is 0 Å². The third-order valence-corrected chi connectivity index (χ3v) is 5.34. The van der Waals surface area contributed by atoms with Crippen LogP contribution in [0.2, 0.25) is 0 Å². The van der Waals surface area contributed by atoms with Gasteiger partial charge in [0.25, 0.3) is 0 Å². The fourth-order valence-corrected chi connectivity index (χ4v) is 4.02. The molecule has 1 aliphatic rings. The van der Waals surface area contributed by atoms with Crippen molar-refractivity contribution in [3.63, 3.8) is 0 Å². The maximum absolute atomic E-state index is 12.5. The van der Waals surface area contributed by atoms with Crippen LogP contribution in [0.5, 0.6) is 0 Å². The lowest BCUT2D eigenvalue weighted by Gasteiger charge is -2.20. The van der Waals surface area contributed by atoms with E-state index in [0.717, 1.165) is 47.7 Å². The van der Waals surface area contributed by atoms with Crippen molar-refractivity contribution in [3.05, 3.63) is 40.7 Å². The first-order chi connectivity index (χ1) is 13.3. The molecule has 150 valence electrons. The van der Waals surface area contributed by atoms with E-state index in [2.05, 4.69) is 22.7 Å². The van der Waals surface area contributed by atoms with Gasteiger partial charge in [-0.1, -0.05) is 0 Å². The number of aromatic nitrogens is 2. The molecule has 1 aliphatic heterocycles. The van der Waals surface area contributed by atoms with E-state index in [1.165, 1.54) is 0 Å². The Morgan fingerprint density at radius 1 is 1.29 bits per heavy atom. The van der Waals surface area contributed by atoms with Crippen LogP contribution in [0, 0.1) is 20.8 Å². The monoisotopic (exact) mass is 383 g/mol. The van der Waals surface area contributed by atoms with Gasteiger partial charge in [0.2, 0.25) is 5.91 Å². The van der Waals surface area contributed by atoms with E-state index < -0.39 is 0 Å². The van der Waals surface area contributed by atoms with Crippen molar-refractivity contribution >= 4 is 23.3 Å². The smallest absolute Gasteiger partial charge is 0.319 e. The van der Waals surface area contributed by atoms with Crippen molar-refractivity contribution in [2.45, 2.75) is 60.0 Å². The Kier molecular flexibility index (Phi) is 5.72. The standard InChI is InChI=1S/C21H29N5O2/c1-6-26-16(5)20(15(4)24-26)14(3)22-21(28)23-17-9-10-18(13(2)12-17)25-11-7-8-19(25)27/h9-10,12,14H,6-8,11H2,1-5H3,(H2,22,23,28). The molecule has 0 saturated carbocycles. The van der Waals surface area contributed by atoms with Gasteiger partial charge >= 0.3 is 6.03 Å². The number of aryl methyl sites for hydroxylation is 3. The number of nitrogens with zero attached hydrogens (tertiary/aromatic N) is 3. The summed E-state index contributed by atoms with van der Waals surface area (Å²) in [4.78, 5) is 26.3. The molecule has 7 heteroatoms. The maximum atomic E-state index is 12.5. The van der Waals surface area contributed by atoms with Crippen molar-refractivity contribution in [1.82, 2.24) is 15.1 Å². The molecule has 1 saturated heterocycles. The Morgan fingerprint density at radius 2 is 2.04 bits per heavy atom. The SMILES string of the molecule is CCn1nc(C)c(C(C)NC(=O)Nc2ccc(N3CCCC3=O)c(C)c2)c1C.